The van der Waals surface area contributed by atoms with Crippen LogP contribution < -0.4 is 5.14 Å². The van der Waals surface area contributed by atoms with Crippen LogP contribution in [0.2, 0.25) is 0 Å². The summed E-state index contributed by atoms with van der Waals surface area (Å²) in [6.07, 6.45) is -0.0514. The van der Waals surface area contributed by atoms with E-state index in [0.717, 1.165) is 5.69 Å². The van der Waals surface area contributed by atoms with Crippen LogP contribution in [0, 0.1) is 6.92 Å². The number of sulfonamides is 1. The first kappa shape index (κ1) is 18.6. The molecule has 0 spiro atoms. The highest BCUT2D eigenvalue weighted by atomic mass is 32.2. The Balaban J connectivity index is 1.87. The van der Waals surface area contributed by atoms with E-state index < -0.39 is 16.1 Å². The molecule has 140 valence electrons. The largest absolute Gasteiger partial charge is 0.387 e. The highest BCUT2D eigenvalue weighted by molar-refractivity contribution is 7.89. The number of amides is 1. The summed E-state index contributed by atoms with van der Waals surface area (Å²) in [6, 6.07) is 6.11. The van der Waals surface area contributed by atoms with Gasteiger partial charge < -0.3 is 10.0 Å². The highest BCUT2D eigenvalue weighted by Crippen LogP contribution is 2.23. The first-order valence-electron chi connectivity index (χ1n) is 8.38. The van der Waals surface area contributed by atoms with Crippen molar-refractivity contribution in [3.05, 3.63) is 46.8 Å². The van der Waals surface area contributed by atoms with Crippen LogP contribution in [-0.4, -0.2) is 40.7 Å². The average Bonchev–Trinajstić information content (AvgIpc) is 3.03. The smallest absolute Gasteiger partial charge is 0.254 e. The Labute approximate surface area is 152 Å². The normalized spacial score (nSPS) is 15.6. The molecule has 0 saturated carbocycles. The number of carbonyl (C=O) groups excluding carboxylic acids is 1. The maximum Gasteiger partial charge on any atom is 0.254 e. The number of aliphatic hydroxyl groups excluding tert-OH is 1. The second-order valence-electron chi connectivity index (χ2n) is 6.46. The molecule has 3 N–H and O–H groups in total. The van der Waals surface area contributed by atoms with Gasteiger partial charge in [-0.05, 0) is 37.1 Å². The van der Waals surface area contributed by atoms with Crippen molar-refractivity contribution in [2.75, 3.05) is 6.54 Å². The lowest BCUT2D eigenvalue weighted by molar-refractivity contribution is 0.0704. The third-order valence-corrected chi connectivity index (χ3v) is 5.51. The van der Waals surface area contributed by atoms with Crippen LogP contribution >= 0.6 is 0 Å². The number of aromatic nitrogens is 2. The average molecular weight is 378 g/mol. The van der Waals surface area contributed by atoms with Gasteiger partial charge in [0, 0.05) is 12.1 Å². The molecule has 2 heterocycles. The molecule has 0 bridgehead atoms. The molecule has 1 aromatic carbocycles. The molecule has 0 unspecified atom stereocenters. The fourth-order valence-electron chi connectivity index (χ4n) is 3.01. The summed E-state index contributed by atoms with van der Waals surface area (Å²) in [7, 11) is -3.88. The fraction of sp³-hybridized carbons (Fsp3) is 0.412. The molecule has 1 aromatic heterocycles. The minimum atomic E-state index is -3.88. The van der Waals surface area contributed by atoms with Gasteiger partial charge in [-0.25, -0.2) is 13.6 Å². The Morgan fingerprint density at radius 1 is 1.35 bits per heavy atom. The van der Waals surface area contributed by atoms with Crippen LogP contribution in [0.25, 0.3) is 0 Å². The topological polar surface area (TPSA) is 119 Å². The van der Waals surface area contributed by atoms with Gasteiger partial charge in [0.05, 0.1) is 35.5 Å². The van der Waals surface area contributed by atoms with Crippen LogP contribution in [0.5, 0.6) is 0 Å². The lowest BCUT2D eigenvalue weighted by Crippen LogP contribution is -2.38. The second-order valence-corrected chi connectivity index (χ2v) is 8.02. The zero-order chi connectivity index (χ0) is 19.1. The summed E-state index contributed by atoms with van der Waals surface area (Å²) in [6.45, 7) is 4.95. The number of aliphatic hydroxyl groups is 1. The van der Waals surface area contributed by atoms with Gasteiger partial charge in [-0.15, -0.1) is 0 Å². The minimum Gasteiger partial charge on any atom is -0.387 e. The molecule has 26 heavy (non-hydrogen) atoms. The maximum absolute atomic E-state index is 12.9. The number of carbonyl (C=O) groups is 1. The molecule has 1 aliphatic rings. The van der Waals surface area contributed by atoms with Crippen molar-refractivity contribution in [2.24, 2.45) is 5.14 Å². The zero-order valence-electron chi connectivity index (χ0n) is 14.7. The van der Waals surface area contributed by atoms with E-state index in [2.05, 4.69) is 5.10 Å². The number of fused-ring (bicyclic) bond motifs is 1. The summed E-state index contributed by atoms with van der Waals surface area (Å²) in [5.41, 5.74) is 2.44. The summed E-state index contributed by atoms with van der Waals surface area (Å²) in [5.74, 6) is -0.252. The van der Waals surface area contributed by atoms with Gasteiger partial charge in [0.1, 0.15) is 0 Å². The van der Waals surface area contributed by atoms with Crippen LogP contribution in [-0.2, 0) is 23.1 Å². The molecule has 9 heteroatoms. The summed E-state index contributed by atoms with van der Waals surface area (Å²) in [4.78, 5) is 14.5. The van der Waals surface area contributed by atoms with E-state index in [4.69, 9.17) is 5.14 Å². The van der Waals surface area contributed by atoms with Gasteiger partial charge >= 0.3 is 0 Å². The van der Waals surface area contributed by atoms with E-state index in [-0.39, 0.29) is 10.8 Å². The van der Waals surface area contributed by atoms with E-state index in [1.54, 1.807) is 28.6 Å². The summed E-state index contributed by atoms with van der Waals surface area (Å²) in [5, 5.41) is 19.5. The second kappa shape index (κ2) is 6.82. The maximum atomic E-state index is 12.9. The number of hydrogen-bond donors (Lipinski definition) is 2. The Hall–Kier alpha value is -2.23. The molecule has 0 aliphatic carbocycles. The van der Waals surface area contributed by atoms with Gasteiger partial charge in [-0.2, -0.15) is 5.10 Å². The number of nitrogens with two attached hydrogens (primary N) is 1. The van der Waals surface area contributed by atoms with E-state index in [9.17, 15) is 18.3 Å². The number of rotatable bonds is 4. The third-order valence-electron chi connectivity index (χ3n) is 4.60. The van der Waals surface area contributed by atoms with Crippen LogP contribution in [0.15, 0.2) is 29.2 Å². The van der Waals surface area contributed by atoms with Crippen molar-refractivity contribution >= 4 is 15.9 Å². The number of primary sulfonamides is 1. The lowest BCUT2D eigenvalue weighted by atomic mass is 10.1. The summed E-state index contributed by atoms with van der Waals surface area (Å²) >= 11 is 0. The Morgan fingerprint density at radius 2 is 2.08 bits per heavy atom. The first-order chi connectivity index (χ1) is 12.2. The van der Waals surface area contributed by atoms with Crippen LogP contribution in [0.1, 0.15) is 46.8 Å². The minimum absolute atomic E-state index is 0.0816. The SMILES string of the molecule is CC[C@@H](O)c1cc2n(n1)CCN(C(=O)c1cc(S(N)(=O)=O)ccc1C)C2. The number of aryl methyl sites for hydroxylation is 1. The third kappa shape index (κ3) is 3.50. The molecule has 3 rings (SSSR count). The van der Waals surface area contributed by atoms with E-state index in [1.165, 1.54) is 12.1 Å². The van der Waals surface area contributed by atoms with Gasteiger partial charge in [0.2, 0.25) is 10.0 Å². The first-order valence-corrected chi connectivity index (χ1v) is 9.92. The van der Waals surface area contributed by atoms with Gasteiger partial charge in [0.25, 0.3) is 5.91 Å². The Morgan fingerprint density at radius 3 is 2.73 bits per heavy atom. The lowest BCUT2D eigenvalue weighted by Gasteiger charge is -2.28. The molecular formula is C17H22N4O4S. The number of nitrogens with zero attached hydrogens (tertiary/aromatic N) is 3. The molecule has 1 aliphatic heterocycles. The molecule has 8 nitrogen and oxygen atoms in total. The predicted molar refractivity (Wildman–Crippen MR) is 94.8 cm³/mol. The van der Waals surface area contributed by atoms with Crippen molar-refractivity contribution in [3.63, 3.8) is 0 Å². The van der Waals surface area contributed by atoms with E-state index in [0.29, 0.717) is 42.9 Å². The number of hydrogen-bond acceptors (Lipinski definition) is 5. The van der Waals surface area contributed by atoms with Crippen molar-refractivity contribution in [3.8, 4) is 0 Å². The standard InChI is InChI=1S/C17H22N4O4S/c1-3-16(22)15-8-12-10-20(6-7-21(12)19-15)17(23)14-9-13(26(18,24)25)5-4-11(14)2/h4-5,8-9,16,22H,3,6-7,10H2,1-2H3,(H2,18,24,25)/t16-/m1/s1. The Kier molecular flexibility index (Phi) is 4.87. The molecule has 1 amide bonds. The molecule has 0 saturated heterocycles. The molecular weight excluding hydrogens is 356 g/mol. The summed E-state index contributed by atoms with van der Waals surface area (Å²) < 4.78 is 24.9. The van der Waals surface area contributed by atoms with Crippen molar-refractivity contribution in [1.29, 1.82) is 0 Å². The van der Waals surface area contributed by atoms with Crippen LogP contribution in [0.3, 0.4) is 0 Å². The number of benzene rings is 1. The van der Waals surface area contributed by atoms with Gasteiger partial charge in [-0.1, -0.05) is 13.0 Å². The van der Waals surface area contributed by atoms with Crippen molar-refractivity contribution in [1.82, 2.24) is 14.7 Å². The van der Waals surface area contributed by atoms with Crippen molar-refractivity contribution in [2.45, 2.75) is 44.4 Å². The van der Waals surface area contributed by atoms with Gasteiger partial charge in [0.15, 0.2) is 0 Å². The fourth-order valence-corrected chi connectivity index (χ4v) is 3.55. The van der Waals surface area contributed by atoms with Crippen molar-refractivity contribution < 1.29 is 18.3 Å². The zero-order valence-corrected chi connectivity index (χ0v) is 15.5. The molecule has 2 aromatic rings. The Bertz CT molecular complexity index is 952. The monoisotopic (exact) mass is 378 g/mol. The predicted octanol–water partition coefficient (Wildman–Crippen LogP) is 0.938. The van der Waals surface area contributed by atoms with Crippen LogP contribution in [0.4, 0.5) is 0 Å². The van der Waals surface area contributed by atoms with Gasteiger partial charge in [-0.3, -0.25) is 9.48 Å². The van der Waals surface area contributed by atoms with E-state index in [1.807, 2.05) is 6.92 Å². The molecule has 1 atom stereocenters. The molecule has 0 fully saturated rings. The highest BCUT2D eigenvalue weighted by Gasteiger charge is 2.26. The molecule has 0 radical (unpaired) electrons. The van der Waals surface area contributed by atoms with E-state index >= 15 is 0 Å². The quantitative estimate of drug-likeness (QED) is 0.821.